The van der Waals surface area contributed by atoms with E-state index in [1.165, 1.54) is 6.07 Å². The fourth-order valence-corrected chi connectivity index (χ4v) is 1.80. The lowest BCUT2D eigenvalue weighted by Gasteiger charge is -2.10. The minimum Gasteiger partial charge on any atom is -0.350 e. The van der Waals surface area contributed by atoms with Crippen molar-refractivity contribution >= 4 is 21.8 Å². The van der Waals surface area contributed by atoms with Crippen molar-refractivity contribution in [3.8, 4) is 0 Å². The normalized spacial score (nSPS) is 10.5. The van der Waals surface area contributed by atoms with E-state index in [0.29, 0.717) is 4.47 Å². The second-order valence-corrected chi connectivity index (χ2v) is 4.59. The Balaban J connectivity index is 3.08. The largest absolute Gasteiger partial charge is 0.350 e. The van der Waals surface area contributed by atoms with Crippen LogP contribution in [-0.4, -0.2) is 11.9 Å². The summed E-state index contributed by atoms with van der Waals surface area (Å²) in [5, 5.41) is 2.65. The van der Waals surface area contributed by atoms with Gasteiger partial charge < -0.3 is 5.32 Å². The minimum absolute atomic E-state index is 0.00353. The smallest absolute Gasteiger partial charge is 0.254 e. The van der Waals surface area contributed by atoms with Gasteiger partial charge in [-0.15, -0.1) is 0 Å². The number of benzene rings is 1. The van der Waals surface area contributed by atoms with Gasteiger partial charge in [-0.2, -0.15) is 0 Å². The predicted molar refractivity (Wildman–Crippen MR) is 61.4 cm³/mol. The van der Waals surface area contributed by atoms with Crippen LogP contribution in [0.5, 0.6) is 0 Å². The van der Waals surface area contributed by atoms with Gasteiger partial charge in [0.25, 0.3) is 5.91 Å². The monoisotopic (exact) mass is 273 g/mol. The molecule has 0 aliphatic heterocycles. The van der Waals surface area contributed by atoms with Crippen LogP contribution in [0, 0.1) is 12.7 Å². The Kier molecular flexibility index (Phi) is 3.85. The average molecular weight is 274 g/mol. The fourth-order valence-electron chi connectivity index (χ4n) is 1.23. The fraction of sp³-hybridized carbons (Fsp3) is 0.364. The summed E-state index contributed by atoms with van der Waals surface area (Å²) >= 11 is 3.08. The van der Waals surface area contributed by atoms with E-state index < -0.39 is 5.82 Å². The SMILES string of the molecule is Cc1cc(Br)c(F)c(C(=O)NC(C)C)c1. The van der Waals surface area contributed by atoms with Crippen molar-refractivity contribution in [2.24, 2.45) is 0 Å². The van der Waals surface area contributed by atoms with E-state index in [9.17, 15) is 9.18 Å². The molecule has 0 aliphatic rings. The maximum Gasteiger partial charge on any atom is 0.254 e. The first kappa shape index (κ1) is 12.2. The highest BCUT2D eigenvalue weighted by Crippen LogP contribution is 2.21. The number of hydrogen-bond donors (Lipinski definition) is 1. The molecule has 0 saturated carbocycles. The Hall–Kier alpha value is -0.900. The van der Waals surface area contributed by atoms with Crippen LogP contribution in [0.1, 0.15) is 29.8 Å². The van der Waals surface area contributed by atoms with Crippen LogP contribution in [0.3, 0.4) is 0 Å². The second kappa shape index (κ2) is 4.75. The molecule has 0 unspecified atom stereocenters. The van der Waals surface area contributed by atoms with E-state index in [0.717, 1.165) is 5.56 Å². The summed E-state index contributed by atoms with van der Waals surface area (Å²) in [4.78, 5) is 11.6. The summed E-state index contributed by atoms with van der Waals surface area (Å²) in [5.74, 6) is -0.898. The van der Waals surface area contributed by atoms with Crippen LogP contribution in [-0.2, 0) is 0 Å². The van der Waals surface area contributed by atoms with Gasteiger partial charge in [0.15, 0.2) is 0 Å². The van der Waals surface area contributed by atoms with E-state index in [1.54, 1.807) is 6.07 Å². The van der Waals surface area contributed by atoms with Crippen LogP contribution in [0.25, 0.3) is 0 Å². The maximum absolute atomic E-state index is 13.6. The zero-order chi connectivity index (χ0) is 11.6. The molecule has 2 nitrogen and oxygen atoms in total. The quantitative estimate of drug-likeness (QED) is 0.882. The molecule has 0 saturated heterocycles. The molecule has 0 bridgehead atoms. The van der Waals surface area contributed by atoms with Crippen molar-refractivity contribution in [1.29, 1.82) is 0 Å². The lowest BCUT2D eigenvalue weighted by Crippen LogP contribution is -2.30. The molecule has 0 atom stereocenters. The molecule has 82 valence electrons. The Morgan fingerprint density at radius 1 is 1.47 bits per heavy atom. The summed E-state index contributed by atoms with van der Waals surface area (Å²) in [6, 6.07) is 3.18. The zero-order valence-corrected chi connectivity index (χ0v) is 10.5. The van der Waals surface area contributed by atoms with Crippen LogP contribution >= 0.6 is 15.9 Å². The van der Waals surface area contributed by atoms with E-state index in [1.807, 2.05) is 20.8 Å². The molecule has 4 heteroatoms. The summed E-state index contributed by atoms with van der Waals surface area (Å²) in [6.45, 7) is 5.48. The molecular formula is C11H13BrFNO. The average Bonchev–Trinajstić information content (AvgIpc) is 2.09. The number of aryl methyl sites for hydroxylation is 1. The first-order valence-corrected chi connectivity index (χ1v) is 5.47. The lowest BCUT2D eigenvalue weighted by molar-refractivity contribution is 0.0939. The molecule has 15 heavy (non-hydrogen) atoms. The third-order valence-electron chi connectivity index (χ3n) is 1.84. The number of rotatable bonds is 2. The molecule has 1 amide bonds. The van der Waals surface area contributed by atoms with Crippen molar-refractivity contribution in [2.75, 3.05) is 0 Å². The number of carbonyl (C=O) groups excluding carboxylic acids is 1. The first-order valence-electron chi connectivity index (χ1n) is 4.68. The standard InChI is InChI=1S/C11H13BrFNO/c1-6(2)14-11(15)8-4-7(3)5-9(12)10(8)13/h4-6H,1-3H3,(H,14,15). The van der Waals surface area contributed by atoms with Gasteiger partial charge in [0.1, 0.15) is 5.82 Å². The molecule has 1 rings (SSSR count). The van der Waals surface area contributed by atoms with E-state index >= 15 is 0 Å². The Morgan fingerprint density at radius 2 is 2.07 bits per heavy atom. The van der Waals surface area contributed by atoms with Gasteiger partial charge >= 0.3 is 0 Å². The molecule has 0 spiro atoms. The van der Waals surface area contributed by atoms with Crippen molar-refractivity contribution in [1.82, 2.24) is 5.32 Å². The van der Waals surface area contributed by atoms with Crippen molar-refractivity contribution in [3.05, 3.63) is 33.5 Å². The van der Waals surface area contributed by atoms with Crippen LogP contribution in [0.4, 0.5) is 4.39 Å². The first-order chi connectivity index (χ1) is 6.91. The predicted octanol–water partition coefficient (Wildman–Crippen LogP) is 3.03. The number of amides is 1. The van der Waals surface area contributed by atoms with Gasteiger partial charge in [-0.1, -0.05) is 0 Å². The number of carbonyl (C=O) groups is 1. The minimum atomic E-state index is -0.515. The molecule has 0 aliphatic carbocycles. The maximum atomic E-state index is 13.6. The van der Waals surface area contributed by atoms with Crippen molar-refractivity contribution < 1.29 is 9.18 Å². The highest BCUT2D eigenvalue weighted by molar-refractivity contribution is 9.10. The van der Waals surface area contributed by atoms with E-state index in [2.05, 4.69) is 21.2 Å². The Morgan fingerprint density at radius 3 is 2.60 bits per heavy atom. The van der Waals surface area contributed by atoms with Gasteiger partial charge in [-0.25, -0.2) is 4.39 Å². The van der Waals surface area contributed by atoms with Crippen LogP contribution in [0.2, 0.25) is 0 Å². The summed E-state index contributed by atoms with van der Waals surface area (Å²) in [7, 11) is 0. The lowest BCUT2D eigenvalue weighted by atomic mass is 10.1. The summed E-state index contributed by atoms with van der Waals surface area (Å²) < 4.78 is 13.9. The highest BCUT2D eigenvalue weighted by Gasteiger charge is 2.15. The van der Waals surface area contributed by atoms with E-state index in [-0.39, 0.29) is 17.5 Å². The molecule has 1 N–H and O–H groups in total. The molecule has 0 fully saturated rings. The molecule has 0 aromatic heterocycles. The van der Waals surface area contributed by atoms with Crippen molar-refractivity contribution in [2.45, 2.75) is 26.8 Å². The Bertz CT molecular complexity index is 390. The summed E-state index contributed by atoms with van der Waals surface area (Å²) in [6.07, 6.45) is 0. The number of halogens is 2. The van der Waals surface area contributed by atoms with Gasteiger partial charge in [0.05, 0.1) is 10.0 Å². The Labute approximate surface area is 97.0 Å². The second-order valence-electron chi connectivity index (χ2n) is 3.74. The zero-order valence-electron chi connectivity index (χ0n) is 8.90. The van der Waals surface area contributed by atoms with Gasteiger partial charge in [-0.3, -0.25) is 4.79 Å². The van der Waals surface area contributed by atoms with Gasteiger partial charge in [0, 0.05) is 6.04 Å². The molecule has 0 heterocycles. The molecule has 1 aromatic rings. The third-order valence-corrected chi connectivity index (χ3v) is 2.41. The van der Waals surface area contributed by atoms with Crippen molar-refractivity contribution in [3.63, 3.8) is 0 Å². The van der Waals surface area contributed by atoms with Gasteiger partial charge in [0.2, 0.25) is 0 Å². The molecule has 1 aromatic carbocycles. The number of hydrogen-bond acceptors (Lipinski definition) is 1. The van der Waals surface area contributed by atoms with Crippen LogP contribution in [0.15, 0.2) is 16.6 Å². The van der Waals surface area contributed by atoms with Gasteiger partial charge in [-0.05, 0) is 54.4 Å². The third kappa shape index (κ3) is 3.02. The molecular weight excluding hydrogens is 261 g/mol. The molecule has 0 radical (unpaired) electrons. The number of nitrogens with one attached hydrogen (secondary N) is 1. The highest BCUT2D eigenvalue weighted by atomic mass is 79.9. The van der Waals surface area contributed by atoms with Crippen LogP contribution < -0.4 is 5.32 Å². The topological polar surface area (TPSA) is 29.1 Å². The van der Waals surface area contributed by atoms with E-state index in [4.69, 9.17) is 0 Å². The summed E-state index contributed by atoms with van der Waals surface area (Å²) in [5.41, 5.74) is 0.924.